The summed E-state index contributed by atoms with van der Waals surface area (Å²) in [6.07, 6.45) is 4.14. The molecule has 0 aromatic rings. The Labute approximate surface area is 108 Å². The molecule has 0 spiro atoms. The van der Waals surface area contributed by atoms with Gasteiger partial charge in [-0.2, -0.15) is 0 Å². The molecule has 1 aliphatic carbocycles. The van der Waals surface area contributed by atoms with E-state index >= 15 is 0 Å². The third-order valence-corrected chi connectivity index (χ3v) is 4.15. The quantitative estimate of drug-likeness (QED) is 0.669. The summed E-state index contributed by atoms with van der Waals surface area (Å²) in [5, 5.41) is 5.82. The van der Waals surface area contributed by atoms with Gasteiger partial charge in [0.2, 0.25) is 11.8 Å². The maximum Gasteiger partial charge on any atom is 0.223 e. The molecule has 4 N–H and O–H groups in total. The Hall–Kier alpha value is -1.10. The molecule has 4 unspecified atom stereocenters. The fourth-order valence-corrected chi connectivity index (χ4v) is 3.01. The van der Waals surface area contributed by atoms with E-state index in [1.807, 2.05) is 0 Å². The van der Waals surface area contributed by atoms with Crippen molar-refractivity contribution in [2.45, 2.75) is 51.1 Å². The molecule has 2 fully saturated rings. The molecular formula is C13H23N3O2. The second-order valence-corrected chi connectivity index (χ2v) is 5.71. The monoisotopic (exact) mass is 253 g/mol. The first kappa shape index (κ1) is 13.3. The van der Waals surface area contributed by atoms with Crippen molar-refractivity contribution < 1.29 is 9.59 Å². The Balaban J connectivity index is 1.75. The summed E-state index contributed by atoms with van der Waals surface area (Å²) in [7, 11) is 0. The van der Waals surface area contributed by atoms with E-state index in [2.05, 4.69) is 17.6 Å². The Kier molecular flexibility index (Phi) is 4.22. The SMILES string of the molecule is CC1CC(N)CCC1C(=O)NCC1CCC(=O)N1. The van der Waals surface area contributed by atoms with E-state index in [0.717, 1.165) is 25.7 Å². The molecule has 5 nitrogen and oxygen atoms in total. The van der Waals surface area contributed by atoms with Crippen molar-refractivity contribution in [2.24, 2.45) is 17.6 Å². The van der Waals surface area contributed by atoms with Gasteiger partial charge in [0.05, 0.1) is 0 Å². The zero-order chi connectivity index (χ0) is 13.1. The summed E-state index contributed by atoms with van der Waals surface area (Å²) in [5.41, 5.74) is 5.90. The summed E-state index contributed by atoms with van der Waals surface area (Å²) < 4.78 is 0. The topological polar surface area (TPSA) is 84.2 Å². The van der Waals surface area contributed by atoms with Crippen molar-refractivity contribution in [3.63, 3.8) is 0 Å². The van der Waals surface area contributed by atoms with Crippen molar-refractivity contribution in [3.05, 3.63) is 0 Å². The van der Waals surface area contributed by atoms with Crippen LogP contribution < -0.4 is 16.4 Å². The van der Waals surface area contributed by atoms with Crippen molar-refractivity contribution in [1.82, 2.24) is 10.6 Å². The number of hydrogen-bond donors (Lipinski definition) is 3. The molecule has 2 rings (SSSR count). The van der Waals surface area contributed by atoms with Crippen LogP contribution in [0.4, 0.5) is 0 Å². The van der Waals surface area contributed by atoms with Crippen molar-refractivity contribution in [1.29, 1.82) is 0 Å². The minimum Gasteiger partial charge on any atom is -0.354 e. The van der Waals surface area contributed by atoms with Crippen molar-refractivity contribution in [3.8, 4) is 0 Å². The van der Waals surface area contributed by atoms with E-state index < -0.39 is 0 Å². The first-order chi connectivity index (χ1) is 8.56. The molecule has 4 atom stereocenters. The summed E-state index contributed by atoms with van der Waals surface area (Å²) >= 11 is 0. The number of hydrogen-bond acceptors (Lipinski definition) is 3. The van der Waals surface area contributed by atoms with E-state index in [4.69, 9.17) is 5.73 Å². The van der Waals surface area contributed by atoms with Crippen LogP contribution in [0, 0.1) is 11.8 Å². The van der Waals surface area contributed by atoms with Gasteiger partial charge in [0.1, 0.15) is 0 Å². The number of nitrogens with two attached hydrogens (primary N) is 1. The minimum atomic E-state index is 0.0851. The second kappa shape index (κ2) is 5.69. The predicted octanol–water partition coefficient (Wildman–Crippen LogP) is 0.145. The first-order valence-electron chi connectivity index (χ1n) is 6.89. The van der Waals surface area contributed by atoms with Gasteiger partial charge >= 0.3 is 0 Å². The lowest BCUT2D eigenvalue weighted by Gasteiger charge is -2.31. The van der Waals surface area contributed by atoms with Crippen molar-refractivity contribution in [2.75, 3.05) is 6.54 Å². The molecule has 102 valence electrons. The lowest BCUT2D eigenvalue weighted by atomic mass is 9.78. The molecule has 2 aliphatic rings. The van der Waals surface area contributed by atoms with Gasteiger partial charge in [-0.15, -0.1) is 0 Å². The molecule has 1 saturated heterocycles. The highest BCUT2D eigenvalue weighted by molar-refractivity contribution is 5.80. The first-order valence-corrected chi connectivity index (χ1v) is 6.89. The molecule has 1 aliphatic heterocycles. The van der Waals surface area contributed by atoms with Crippen LogP contribution in [0.3, 0.4) is 0 Å². The van der Waals surface area contributed by atoms with Crippen LogP contribution >= 0.6 is 0 Å². The molecular weight excluding hydrogens is 230 g/mol. The highest BCUT2D eigenvalue weighted by atomic mass is 16.2. The Morgan fingerprint density at radius 3 is 2.83 bits per heavy atom. The Morgan fingerprint density at radius 1 is 1.44 bits per heavy atom. The molecule has 0 bridgehead atoms. The van der Waals surface area contributed by atoms with E-state index in [1.165, 1.54) is 0 Å². The van der Waals surface area contributed by atoms with Crippen LogP contribution in [0.15, 0.2) is 0 Å². The lowest BCUT2D eigenvalue weighted by molar-refractivity contribution is -0.128. The van der Waals surface area contributed by atoms with Crippen molar-refractivity contribution >= 4 is 11.8 Å². The van der Waals surface area contributed by atoms with Gasteiger partial charge in [-0.1, -0.05) is 6.92 Å². The zero-order valence-electron chi connectivity index (χ0n) is 10.9. The van der Waals surface area contributed by atoms with Gasteiger partial charge in [0, 0.05) is 31.0 Å². The van der Waals surface area contributed by atoms with Crippen LogP contribution in [0.1, 0.15) is 39.0 Å². The average molecular weight is 253 g/mol. The van der Waals surface area contributed by atoms with E-state index in [1.54, 1.807) is 0 Å². The highest BCUT2D eigenvalue weighted by Crippen LogP contribution is 2.29. The minimum absolute atomic E-state index is 0.0851. The van der Waals surface area contributed by atoms with E-state index in [9.17, 15) is 9.59 Å². The largest absolute Gasteiger partial charge is 0.354 e. The predicted molar refractivity (Wildman–Crippen MR) is 68.7 cm³/mol. The number of carbonyl (C=O) groups is 2. The van der Waals surface area contributed by atoms with Gasteiger partial charge < -0.3 is 16.4 Å². The Morgan fingerprint density at radius 2 is 2.22 bits per heavy atom. The molecule has 0 aromatic heterocycles. The highest BCUT2D eigenvalue weighted by Gasteiger charge is 2.31. The molecule has 0 aromatic carbocycles. The number of carbonyl (C=O) groups excluding carboxylic acids is 2. The summed E-state index contributed by atoms with van der Waals surface area (Å²) in [5.74, 6) is 0.649. The number of amides is 2. The number of nitrogens with one attached hydrogen (secondary N) is 2. The fourth-order valence-electron chi connectivity index (χ4n) is 3.01. The maximum atomic E-state index is 12.1. The molecule has 1 saturated carbocycles. The molecule has 2 amide bonds. The number of rotatable bonds is 3. The second-order valence-electron chi connectivity index (χ2n) is 5.71. The fraction of sp³-hybridized carbons (Fsp3) is 0.846. The Bertz CT molecular complexity index is 332. The molecule has 1 heterocycles. The van der Waals surface area contributed by atoms with Gasteiger partial charge in [0.25, 0.3) is 0 Å². The summed E-state index contributed by atoms with van der Waals surface area (Å²) in [6, 6.07) is 0.362. The van der Waals surface area contributed by atoms with Crippen LogP contribution in [0.5, 0.6) is 0 Å². The average Bonchev–Trinajstić information content (AvgIpc) is 2.72. The van der Waals surface area contributed by atoms with Gasteiger partial charge in [-0.05, 0) is 31.6 Å². The maximum absolute atomic E-state index is 12.1. The van der Waals surface area contributed by atoms with Crippen LogP contribution in [0.25, 0.3) is 0 Å². The standard InChI is InChI=1S/C13H23N3O2/c1-8-6-9(14)2-4-11(8)13(18)15-7-10-3-5-12(17)16-10/h8-11H,2-7,14H2,1H3,(H,15,18)(H,16,17). The summed E-state index contributed by atoms with van der Waals surface area (Å²) in [6.45, 7) is 2.65. The smallest absolute Gasteiger partial charge is 0.223 e. The van der Waals surface area contributed by atoms with Gasteiger partial charge in [-0.3, -0.25) is 9.59 Å². The van der Waals surface area contributed by atoms with E-state index in [0.29, 0.717) is 18.9 Å². The van der Waals surface area contributed by atoms with Gasteiger partial charge in [0.15, 0.2) is 0 Å². The van der Waals surface area contributed by atoms with Crippen LogP contribution in [-0.4, -0.2) is 30.4 Å². The zero-order valence-corrected chi connectivity index (χ0v) is 10.9. The normalized spacial score (nSPS) is 36.2. The third-order valence-electron chi connectivity index (χ3n) is 4.15. The van der Waals surface area contributed by atoms with E-state index in [-0.39, 0.29) is 29.8 Å². The molecule has 5 heteroatoms. The molecule has 0 radical (unpaired) electrons. The third kappa shape index (κ3) is 3.22. The van der Waals surface area contributed by atoms with Crippen LogP contribution in [-0.2, 0) is 9.59 Å². The lowest BCUT2D eigenvalue weighted by Crippen LogP contribution is -2.44. The summed E-state index contributed by atoms with van der Waals surface area (Å²) in [4.78, 5) is 23.1. The van der Waals surface area contributed by atoms with Gasteiger partial charge in [-0.25, -0.2) is 0 Å². The molecule has 18 heavy (non-hydrogen) atoms. The van der Waals surface area contributed by atoms with Crippen LogP contribution in [0.2, 0.25) is 0 Å².